The Morgan fingerprint density at radius 3 is 1.59 bits per heavy atom. The molecule has 2 aliphatic rings. The highest BCUT2D eigenvalue weighted by molar-refractivity contribution is 5.48. The van der Waals surface area contributed by atoms with Crippen LogP contribution in [0.25, 0.3) is 0 Å². The summed E-state index contributed by atoms with van der Waals surface area (Å²) in [5, 5.41) is 0. The average Bonchev–Trinajstić information content (AvgIpc) is 2.81. The molecule has 0 N–H and O–H groups in total. The van der Waals surface area contributed by atoms with Crippen LogP contribution in [-0.4, -0.2) is 38.1 Å². The fourth-order valence-corrected chi connectivity index (χ4v) is 4.72. The zero-order valence-corrected chi connectivity index (χ0v) is 20.6. The van der Waals surface area contributed by atoms with E-state index in [0.717, 1.165) is 5.92 Å². The molecule has 178 valence electrons. The number of rotatable bonds is 4. The largest absolute Gasteiger partial charge is 0.372 e. The third-order valence-corrected chi connectivity index (χ3v) is 7.07. The molecule has 0 spiro atoms. The molecule has 2 aromatic carbocycles. The van der Waals surface area contributed by atoms with E-state index in [4.69, 9.17) is 0 Å². The van der Waals surface area contributed by atoms with Gasteiger partial charge in [-0.1, -0.05) is 71.5 Å². The molecule has 32 heavy (non-hydrogen) atoms. The Kier molecular flexibility index (Phi) is 10.8. The van der Waals surface area contributed by atoms with Gasteiger partial charge in [0.1, 0.15) is 0 Å². The normalized spacial score (nSPS) is 17.7. The maximum atomic E-state index is 2.51. The minimum Gasteiger partial charge on any atom is -0.372 e. The van der Waals surface area contributed by atoms with Crippen molar-refractivity contribution < 1.29 is 0 Å². The number of hydrogen-bond acceptors (Lipinski definition) is 2. The summed E-state index contributed by atoms with van der Waals surface area (Å²) in [6.45, 7) is 14.0. The summed E-state index contributed by atoms with van der Waals surface area (Å²) in [7, 11) is 2.22. The molecular formula is C30H48N2. The van der Waals surface area contributed by atoms with Crippen LogP contribution in [0.1, 0.15) is 102 Å². The van der Waals surface area contributed by atoms with Crippen LogP contribution in [0.2, 0.25) is 0 Å². The molecule has 2 saturated heterocycles. The first-order valence-electron chi connectivity index (χ1n) is 12.6. The summed E-state index contributed by atoms with van der Waals surface area (Å²) in [5.74, 6) is 2.07. The van der Waals surface area contributed by atoms with Gasteiger partial charge < -0.3 is 9.80 Å². The molecular weight excluding hydrogens is 388 g/mol. The van der Waals surface area contributed by atoms with Crippen LogP contribution >= 0.6 is 0 Å². The highest BCUT2D eigenvalue weighted by Gasteiger charge is 2.18. The molecule has 0 unspecified atom stereocenters. The number of nitrogens with zero attached hydrogens (tertiary/aromatic N) is 2. The van der Waals surface area contributed by atoms with Crippen LogP contribution in [0.5, 0.6) is 0 Å². The van der Waals surface area contributed by atoms with E-state index in [1.807, 2.05) is 0 Å². The van der Waals surface area contributed by atoms with Gasteiger partial charge in [-0.25, -0.2) is 0 Å². The predicted octanol–water partition coefficient (Wildman–Crippen LogP) is 8.06. The molecule has 0 radical (unpaired) electrons. The van der Waals surface area contributed by atoms with Crippen molar-refractivity contribution in [2.45, 2.75) is 85.0 Å². The van der Waals surface area contributed by atoms with Crippen molar-refractivity contribution >= 4 is 5.69 Å². The Hall–Kier alpha value is -1.80. The van der Waals surface area contributed by atoms with Crippen molar-refractivity contribution in [2.75, 3.05) is 38.1 Å². The first-order valence-corrected chi connectivity index (χ1v) is 12.6. The summed E-state index contributed by atoms with van der Waals surface area (Å²) < 4.78 is 0. The average molecular weight is 437 g/mol. The predicted molar refractivity (Wildman–Crippen MR) is 143 cm³/mol. The Balaban J connectivity index is 0.000000220. The van der Waals surface area contributed by atoms with Crippen molar-refractivity contribution in [1.29, 1.82) is 0 Å². The molecule has 4 rings (SSSR count). The quantitative estimate of drug-likeness (QED) is 0.478. The zero-order valence-electron chi connectivity index (χ0n) is 20.6. The van der Waals surface area contributed by atoms with Crippen LogP contribution < -0.4 is 4.90 Å². The lowest BCUT2D eigenvalue weighted by atomic mass is 9.88. The van der Waals surface area contributed by atoms with E-state index in [2.05, 4.69) is 93.1 Å². The molecule has 2 heterocycles. The van der Waals surface area contributed by atoms with Gasteiger partial charge in [0.15, 0.2) is 0 Å². The Bertz CT molecular complexity index is 746. The van der Waals surface area contributed by atoms with Crippen LogP contribution in [0.3, 0.4) is 0 Å². The second-order valence-corrected chi connectivity index (χ2v) is 10.2. The summed E-state index contributed by atoms with van der Waals surface area (Å²) in [6, 6.07) is 18.4. The second kappa shape index (κ2) is 13.0. The fourth-order valence-electron chi connectivity index (χ4n) is 4.72. The number of anilines is 1. The van der Waals surface area contributed by atoms with E-state index in [9.17, 15) is 0 Å². The molecule has 2 nitrogen and oxygen atoms in total. The van der Waals surface area contributed by atoms with Crippen molar-refractivity contribution in [1.82, 2.24) is 4.90 Å². The van der Waals surface area contributed by atoms with Crippen LogP contribution in [-0.2, 0) is 0 Å². The Morgan fingerprint density at radius 2 is 1.12 bits per heavy atom. The summed E-state index contributed by atoms with van der Waals surface area (Å²) in [5.41, 5.74) is 5.84. The lowest BCUT2D eigenvalue weighted by molar-refractivity contribution is 0.255. The molecule has 0 aliphatic carbocycles. The van der Waals surface area contributed by atoms with Crippen molar-refractivity contribution in [3.8, 4) is 0 Å². The molecule has 0 amide bonds. The monoisotopic (exact) mass is 436 g/mol. The third kappa shape index (κ3) is 7.66. The Labute approximate surface area is 199 Å². The first-order chi connectivity index (χ1) is 14.9. The van der Waals surface area contributed by atoms with Crippen molar-refractivity contribution in [3.63, 3.8) is 0 Å². The molecule has 2 aromatic rings. The summed E-state index contributed by atoms with van der Waals surface area (Å²) >= 11 is 0. The van der Waals surface area contributed by atoms with E-state index in [1.165, 1.54) is 80.7 Å². The van der Waals surface area contributed by atoms with Gasteiger partial charge in [-0.05, 0) is 98.8 Å². The summed E-state index contributed by atoms with van der Waals surface area (Å²) in [6.07, 6.45) is 6.74. The van der Waals surface area contributed by atoms with Gasteiger partial charge >= 0.3 is 0 Å². The zero-order chi connectivity index (χ0) is 22.2. The lowest BCUT2D eigenvalue weighted by Gasteiger charge is -2.29. The Morgan fingerprint density at radius 1 is 0.656 bits per heavy atom. The van der Waals surface area contributed by atoms with Gasteiger partial charge in [0.25, 0.3) is 0 Å². The van der Waals surface area contributed by atoms with Crippen LogP contribution in [0.15, 0.2) is 48.5 Å². The number of piperidine rings is 2. The van der Waals surface area contributed by atoms with Crippen molar-refractivity contribution in [3.05, 3.63) is 65.2 Å². The number of hydrogen-bond donors (Lipinski definition) is 0. The molecule has 0 atom stereocenters. The van der Waals surface area contributed by atoms with Gasteiger partial charge in [0, 0.05) is 18.8 Å². The van der Waals surface area contributed by atoms with Gasteiger partial charge in [-0.15, -0.1) is 0 Å². The fraction of sp³-hybridized carbons (Fsp3) is 0.600. The SMILES string of the molecule is C.CC(C)c1ccc(C2CCN(C)CC2)cc1.CC(C)c1ccc(N2CCCCC2)cc1. The smallest absolute Gasteiger partial charge is 0.0366 e. The van der Waals surface area contributed by atoms with Crippen molar-refractivity contribution in [2.24, 2.45) is 0 Å². The van der Waals surface area contributed by atoms with Gasteiger partial charge in [0.05, 0.1) is 0 Å². The maximum Gasteiger partial charge on any atom is 0.0366 e. The van der Waals surface area contributed by atoms with Gasteiger partial charge in [-0.2, -0.15) is 0 Å². The molecule has 0 aromatic heterocycles. The number of likely N-dealkylation sites (tertiary alicyclic amines) is 1. The number of benzene rings is 2. The van der Waals surface area contributed by atoms with E-state index in [0.29, 0.717) is 11.8 Å². The highest BCUT2D eigenvalue weighted by atomic mass is 15.1. The van der Waals surface area contributed by atoms with E-state index >= 15 is 0 Å². The molecule has 0 bridgehead atoms. The minimum absolute atomic E-state index is 0. The third-order valence-electron chi connectivity index (χ3n) is 7.07. The maximum absolute atomic E-state index is 2.51. The van der Waals surface area contributed by atoms with E-state index < -0.39 is 0 Å². The van der Waals surface area contributed by atoms with E-state index in [-0.39, 0.29) is 7.43 Å². The van der Waals surface area contributed by atoms with Crippen LogP contribution in [0.4, 0.5) is 5.69 Å². The topological polar surface area (TPSA) is 6.48 Å². The second-order valence-electron chi connectivity index (χ2n) is 10.2. The molecule has 0 saturated carbocycles. The van der Waals surface area contributed by atoms with Gasteiger partial charge in [-0.3, -0.25) is 0 Å². The standard InChI is InChI=1S/C15H23N.C14H21N.CH4/c1-12(2)13-4-6-14(7-5-13)15-8-10-16(3)11-9-15;1-12(2)13-6-8-14(9-7-13)15-10-4-3-5-11-15;/h4-7,12,15H,8-11H2,1-3H3;6-9,12H,3-5,10-11H2,1-2H3;1H4. The summed E-state index contributed by atoms with van der Waals surface area (Å²) in [4.78, 5) is 4.94. The lowest BCUT2D eigenvalue weighted by Crippen LogP contribution is -2.29. The highest BCUT2D eigenvalue weighted by Crippen LogP contribution is 2.28. The van der Waals surface area contributed by atoms with Gasteiger partial charge in [0.2, 0.25) is 0 Å². The first kappa shape index (κ1) is 26.5. The molecule has 2 fully saturated rings. The molecule has 2 heteroatoms. The van der Waals surface area contributed by atoms with E-state index in [1.54, 1.807) is 0 Å². The minimum atomic E-state index is 0. The molecule has 2 aliphatic heterocycles. The van der Waals surface area contributed by atoms with Crippen LogP contribution in [0, 0.1) is 0 Å².